The smallest absolute Gasteiger partial charge is 0.268 e. The van der Waals surface area contributed by atoms with E-state index in [1.807, 2.05) is 13.8 Å². The van der Waals surface area contributed by atoms with Gasteiger partial charge in [-0.2, -0.15) is 0 Å². The predicted molar refractivity (Wildman–Crippen MR) is 83.7 cm³/mol. The molecule has 1 saturated heterocycles. The molecule has 0 aromatic carbocycles. The molecule has 0 bridgehead atoms. The van der Waals surface area contributed by atoms with Crippen LogP contribution in [0.5, 0.6) is 0 Å². The Morgan fingerprint density at radius 1 is 1.52 bits per heavy atom. The lowest BCUT2D eigenvalue weighted by atomic mass is 9.93. The number of nitrogens with one attached hydrogen (secondary N) is 1. The van der Waals surface area contributed by atoms with Gasteiger partial charge in [-0.3, -0.25) is 4.79 Å². The van der Waals surface area contributed by atoms with Crippen LogP contribution in [0.15, 0.2) is 0 Å². The topological polar surface area (TPSA) is 80.5 Å². The maximum absolute atomic E-state index is 12.6. The molecule has 0 atom stereocenters. The SMILES string of the molecule is CC1(C)CN(C(=O)c2sc(NC3CCC3)nc2N)CCO1. The van der Waals surface area contributed by atoms with Crippen LogP contribution in [0.1, 0.15) is 42.8 Å². The Kier molecular flexibility index (Phi) is 3.79. The molecule has 2 heterocycles. The number of morpholine rings is 1. The minimum Gasteiger partial charge on any atom is -0.382 e. The van der Waals surface area contributed by atoms with E-state index in [2.05, 4.69) is 10.3 Å². The van der Waals surface area contributed by atoms with Gasteiger partial charge in [0.25, 0.3) is 5.91 Å². The maximum Gasteiger partial charge on any atom is 0.268 e. The van der Waals surface area contributed by atoms with Crippen molar-refractivity contribution in [2.45, 2.75) is 44.8 Å². The molecule has 7 heteroatoms. The number of rotatable bonds is 3. The van der Waals surface area contributed by atoms with Gasteiger partial charge >= 0.3 is 0 Å². The van der Waals surface area contributed by atoms with Gasteiger partial charge in [-0.05, 0) is 33.1 Å². The number of hydrogen-bond acceptors (Lipinski definition) is 6. The molecule has 1 aromatic heterocycles. The Balaban J connectivity index is 1.71. The summed E-state index contributed by atoms with van der Waals surface area (Å²) in [5, 5.41) is 4.10. The molecule has 0 spiro atoms. The minimum atomic E-state index is -0.305. The van der Waals surface area contributed by atoms with E-state index in [4.69, 9.17) is 10.5 Å². The summed E-state index contributed by atoms with van der Waals surface area (Å²) in [4.78, 5) is 19.3. The van der Waals surface area contributed by atoms with E-state index in [1.54, 1.807) is 4.90 Å². The van der Waals surface area contributed by atoms with Gasteiger partial charge in [-0.1, -0.05) is 11.3 Å². The van der Waals surface area contributed by atoms with Crippen LogP contribution in [0.2, 0.25) is 0 Å². The van der Waals surface area contributed by atoms with Gasteiger partial charge in [0.1, 0.15) is 10.7 Å². The average molecular weight is 310 g/mol. The molecule has 116 valence electrons. The number of nitrogen functional groups attached to an aromatic ring is 1. The fraction of sp³-hybridized carbons (Fsp3) is 0.714. The first kappa shape index (κ1) is 14.6. The molecule has 1 aliphatic heterocycles. The summed E-state index contributed by atoms with van der Waals surface area (Å²) in [6.45, 7) is 5.72. The number of nitrogens with two attached hydrogens (primary N) is 1. The van der Waals surface area contributed by atoms with Crippen molar-refractivity contribution >= 4 is 28.2 Å². The molecular weight excluding hydrogens is 288 g/mol. The third kappa shape index (κ3) is 3.13. The molecule has 1 saturated carbocycles. The Morgan fingerprint density at radius 2 is 2.29 bits per heavy atom. The van der Waals surface area contributed by atoms with Crippen molar-refractivity contribution in [1.29, 1.82) is 0 Å². The molecule has 2 aliphatic rings. The summed E-state index contributed by atoms with van der Waals surface area (Å²) in [6.07, 6.45) is 3.59. The molecular formula is C14H22N4O2S. The largest absolute Gasteiger partial charge is 0.382 e. The van der Waals surface area contributed by atoms with Crippen molar-refractivity contribution in [3.63, 3.8) is 0 Å². The quantitative estimate of drug-likeness (QED) is 0.892. The number of ether oxygens (including phenoxy) is 1. The highest BCUT2D eigenvalue weighted by molar-refractivity contribution is 7.18. The van der Waals surface area contributed by atoms with E-state index < -0.39 is 0 Å². The zero-order chi connectivity index (χ0) is 15.0. The van der Waals surface area contributed by atoms with Gasteiger partial charge in [-0.25, -0.2) is 4.98 Å². The number of thiazole rings is 1. The lowest BCUT2D eigenvalue weighted by Gasteiger charge is -2.37. The molecule has 2 fully saturated rings. The van der Waals surface area contributed by atoms with Gasteiger partial charge in [0.15, 0.2) is 5.13 Å². The van der Waals surface area contributed by atoms with Gasteiger partial charge in [0, 0.05) is 19.1 Å². The predicted octanol–water partition coefficient (Wildman–Crippen LogP) is 1.94. The first-order valence-corrected chi connectivity index (χ1v) is 8.22. The lowest BCUT2D eigenvalue weighted by Crippen LogP contribution is -2.50. The molecule has 6 nitrogen and oxygen atoms in total. The summed E-state index contributed by atoms with van der Waals surface area (Å²) in [6, 6.07) is 0.487. The van der Waals surface area contributed by atoms with E-state index in [1.165, 1.54) is 30.6 Å². The molecule has 0 unspecified atom stereocenters. The number of amides is 1. The van der Waals surface area contributed by atoms with Crippen molar-refractivity contribution in [2.75, 3.05) is 30.7 Å². The van der Waals surface area contributed by atoms with Crippen LogP contribution in [-0.2, 0) is 4.74 Å². The monoisotopic (exact) mass is 310 g/mol. The van der Waals surface area contributed by atoms with Crippen molar-refractivity contribution in [3.05, 3.63) is 4.88 Å². The number of carbonyl (C=O) groups is 1. The maximum atomic E-state index is 12.6. The van der Waals surface area contributed by atoms with Crippen molar-refractivity contribution in [1.82, 2.24) is 9.88 Å². The van der Waals surface area contributed by atoms with Crippen LogP contribution in [-0.4, -0.2) is 47.1 Å². The van der Waals surface area contributed by atoms with Crippen molar-refractivity contribution in [2.24, 2.45) is 0 Å². The van der Waals surface area contributed by atoms with Crippen LogP contribution < -0.4 is 11.1 Å². The number of anilines is 2. The molecule has 1 aromatic rings. The zero-order valence-corrected chi connectivity index (χ0v) is 13.3. The van der Waals surface area contributed by atoms with Gasteiger partial charge in [-0.15, -0.1) is 0 Å². The van der Waals surface area contributed by atoms with Crippen LogP contribution in [0.4, 0.5) is 10.9 Å². The highest BCUT2D eigenvalue weighted by Gasteiger charge is 2.32. The third-order valence-corrected chi connectivity index (χ3v) is 4.98. The standard InChI is InChI=1S/C14H22N4O2S/c1-14(2)8-18(6-7-20-14)12(19)10-11(15)17-13(21-10)16-9-4-3-5-9/h9H,3-8,15H2,1-2H3,(H,16,17). The summed E-state index contributed by atoms with van der Waals surface area (Å²) < 4.78 is 5.64. The van der Waals surface area contributed by atoms with Crippen molar-refractivity contribution < 1.29 is 9.53 Å². The van der Waals surface area contributed by atoms with Crippen molar-refractivity contribution in [3.8, 4) is 0 Å². The lowest BCUT2D eigenvalue weighted by molar-refractivity contribution is -0.0762. The second kappa shape index (κ2) is 5.46. The number of nitrogens with zero attached hydrogens (tertiary/aromatic N) is 2. The molecule has 3 N–H and O–H groups in total. The van der Waals surface area contributed by atoms with Gasteiger partial charge < -0.3 is 20.7 Å². The summed E-state index contributed by atoms with van der Waals surface area (Å²) in [5.74, 6) is 0.291. The zero-order valence-electron chi connectivity index (χ0n) is 12.5. The fourth-order valence-corrected chi connectivity index (χ4v) is 3.54. The average Bonchev–Trinajstić information content (AvgIpc) is 2.73. The van der Waals surface area contributed by atoms with E-state index in [9.17, 15) is 4.79 Å². The van der Waals surface area contributed by atoms with Gasteiger partial charge in [0.05, 0.1) is 12.2 Å². The Hall–Kier alpha value is -1.34. The third-order valence-electron chi connectivity index (χ3n) is 3.99. The molecule has 3 rings (SSSR count). The normalized spacial score (nSPS) is 21.9. The van der Waals surface area contributed by atoms with Crippen LogP contribution in [0.3, 0.4) is 0 Å². The van der Waals surface area contributed by atoms with E-state index in [-0.39, 0.29) is 11.5 Å². The first-order valence-electron chi connectivity index (χ1n) is 7.41. The second-order valence-corrected chi connectivity index (χ2v) is 7.34. The number of aromatic nitrogens is 1. The Bertz CT molecular complexity index is 539. The Morgan fingerprint density at radius 3 is 2.90 bits per heavy atom. The summed E-state index contributed by atoms with van der Waals surface area (Å²) in [7, 11) is 0. The number of carbonyl (C=O) groups excluding carboxylic acids is 1. The highest BCUT2D eigenvalue weighted by Crippen LogP contribution is 2.31. The van der Waals surface area contributed by atoms with E-state index >= 15 is 0 Å². The molecule has 21 heavy (non-hydrogen) atoms. The van der Waals surface area contributed by atoms with Crippen LogP contribution >= 0.6 is 11.3 Å². The van der Waals surface area contributed by atoms with Gasteiger partial charge in [0.2, 0.25) is 0 Å². The number of hydrogen-bond donors (Lipinski definition) is 2. The molecule has 1 amide bonds. The fourth-order valence-electron chi connectivity index (χ4n) is 2.61. The second-order valence-electron chi connectivity index (χ2n) is 6.34. The first-order chi connectivity index (χ1) is 9.94. The Labute approximate surface area is 128 Å². The van der Waals surface area contributed by atoms with E-state index in [0.29, 0.717) is 36.4 Å². The van der Waals surface area contributed by atoms with Crippen LogP contribution in [0.25, 0.3) is 0 Å². The molecule has 1 aliphatic carbocycles. The summed E-state index contributed by atoms with van der Waals surface area (Å²) in [5.41, 5.74) is 5.63. The molecule has 0 radical (unpaired) electrons. The van der Waals surface area contributed by atoms with Crippen LogP contribution in [0, 0.1) is 0 Å². The van der Waals surface area contributed by atoms with E-state index in [0.717, 1.165) is 5.13 Å². The highest BCUT2D eigenvalue weighted by atomic mass is 32.1. The minimum absolute atomic E-state index is 0.0389. The summed E-state index contributed by atoms with van der Waals surface area (Å²) >= 11 is 1.36.